The van der Waals surface area contributed by atoms with Gasteiger partial charge in [-0.3, -0.25) is 14.3 Å². The Morgan fingerprint density at radius 1 is 1.12 bits per heavy atom. The summed E-state index contributed by atoms with van der Waals surface area (Å²) in [7, 11) is 0. The Balaban J connectivity index is 2.10. The highest BCUT2D eigenvalue weighted by Crippen LogP contribution is 2.20. The molecule has 0 N–H and O–H groups in total. The first kappa shape index (κ1) is 23.4. The van der Waals surface area contributed by atoms with Gasteiger partial charge in [0, 0.05) is 11.7 Å². The van der Waals surface area contributed by atoms with Crippen LogP contribution in [0.3, 0.4) is 0 Å². The zero-order chi connectivity index (χ0) is 23.4. The molecule has 0 aliphatic rings. The Kier molecular flexibility index (Phi) is 7.24. The van der Waals surface area contributed by atoms with Crippen molar-refractivity contribution < 1.29 is 23.9 Å². The average Bonchev–Trinajstić information content (AvgIpc) is 3.28. The van der Waals surface area contributed by atoms with Crippen LogP contribution >= 0.6 is 11.3 Å². The Hall–Kier alpha value is -3.27. The van der Waals surface area contributed by atoms with Crippen LogP contribution in [0.15, 0.2) is 29.3 Å². The normalized spacial score (nSPS) is 11.9. The predicted octanol–water partition coefficient (Wildman–Crippen LogP) is 3.27. The van der Waals surface area contributed by atoms with Gasteiger partial charge in [-0.1, -0.05) is 11.3 Å². The molecule has 0 atom stereocenters. The first-order valence-corrected chi connectivity index (χ1v) is 11.2. The number of thiazole rings is 1. The summed E-state index contributed by atoms with van der Waals surface area (Å²) in [4.78, 5) is 41.7. The molecule has 0 fully saturated rings. The second-order valence-corrected chi connectivity index (χ2v) is 8.31. The summed E-state index contributed by atoms with van der Waals surface area (Å²) in [5.41, 5.74) is 2.12. The van der Waals surface area contributed by atoms with Crippen molar-refractivity contribution in [1.82, 2.24) is 14.3 Å². The van der Waals surface area contributed by atoms with E-state index in [0.717, 1.165) is 5.69 Å². The Morgan fingerprint density at radius 2 is 1.84 bits per heavy atom. The van der Waals surface area contributed by atoms with Crippen molar-refractivity contribution in [2.75, 3.05) is 13.2 Å². The lowest BCUT2D eigenvalue weighted by atomic mass is 10.2. The van der Waals surface area contributed by atoms with E-state index < -0.39 is 17.8 Å². The molecule has 10 heteroatoms. The fourth-order valence-electron chi connectivity index (χ4n) is 3.25. The number of amides is 1. The first-order valence-electron chi connectivity index (χ1n) is 10.4. The van der Waals surface area contributed by atoms with E-state index in [2.05, 4.69) is 10.1 Å². The maximum absolute atomic E-state index is 12.9. The molecule has 9 nitrogen and oxygen atoms in total. The molecule has 0 saturated carbocycles. The Morgan fingerprint density at radius 3 is 2.47 bits per heavy atom. The van der Waals surface area contributed by atoms with Crippen molar-refractivity contribution in [1.29, 1.82) is 0 Å². The second kappa shape index (κ2) is 9.90. The summed E-state index contributed by atoms with van der Waals surface area (Å²) in [6, 6.07) is 6.79. The summed E-state index contributed by atoms with van der Waals surface area (Å²) in [5.74, 6) is -1.40. The Labute approximate surface area is 189 Å². The lowest BCUT2D eigenvalue weighted by Crippen LogP contribution is -2.23. The van der Waals surface area contributed by atoms with Crippen molar-refractivity contribution in [3.05, 3.63) is 46.0 Å². The molecule has 2 heterocycles. The number of aryl methyl sites for hydroxylation is 1. The van der Waals surface area contributed by atoms with Crippen molar-refractivity contribution in [2.24, 2.45) is 4.99 Å². The van der Waals surface area contributed by atoms with Crippen molar-refractivity contribution in [3.63, 3.8) is 0 Å². The van der Waals surface area contributed by atoms with Crippen LogP contribution in [0.25, 0.3) is 10.2 Å². The zero-order valence-electron chi connectivity index (χ0n) is 18.7. The van der Waals surface area contributed by atoms with Gasteiger partial charge in [-0.25, -0.2) is 4.79 Å². The molecule has 0 aliphatic heterocycles. The highest BCUT2D eigenvalue weighted by atomic mass is 32.1. The van der Waals surface area contributed by atoms with E-state index in [4.69, 9.17) is 9.47 Å². The lowest BCUT2D eigenvalue weighted by molar-refractivity contribution is -0.143. The van der Waals surface area contributed by atoms with Crippen LogP contribution in [0.5, 0.6) is 0 Å². The maximum Gasteiger partial charge on any atom is 0.338 e. The largest absolute Gasteiger partial charge is 0.465 e. The molecule has 32 heavy (non-hydrogen) atoms. The highest BCUT2D eigenvalue weighted by molar-refractivity contribution is 7.16. The number of esters is 2. The molecule has 0 saturated heterocycles. The van der Waals surface area contributed by atoms with Gasteiger partial charge in [-0.15, -0.1) is 0 Å². The minimum absolute atomic E-state index is 0.107. The number of hydrogen-bond acceptors (Lipinski definition) is 7. The molecule has 0 aliphatic carbocycles. The molecule has 0 unspecified atom stereocenters. The van der Waals surface area contributed by atoms with Crippen molar-refractivity contribution in [2.45, 2.75) is 47.2 Å². The minimum atomic E-state index is -0.512. The van der Waals surface area contributed by atoms with E-state index in [1.807, 2.05) is 20.8 Å². The van der Waals surface area contributed by atoms with Gasteiger partial charge in [-0.2, -0.15) is 10.1 Å². The van der Waals surface area contributed by atoms with Crippen LogP contribution in [0.1, 0.15) is 60.3 Å². The first-order chi connectivity index (χ1) is 15.2. The lowest BCUT2D eigenvalue weighted by Gasteiger charge is -2.06. The van der Waals surface area contributed by atoms with Crippen LogP contribution in [0.2, 0.25) is 0 Å². The molecule has 1 aromatic carbocycles. The van der Waals surface area contributed by atoms with Gasteiger partial charge in [-0.05, 0) is 58.9 Å². The molecule has 0 spiro atoms. The molecule has 3 aromatic rings. The smallest absolute Gasteiger partial charge is 0.338 e. The van der Waals surface area contributed by atoms with Gasteiger partial charge in [0.15, 0.2) is 10.5 Å². The minimum Gasteiger partial charge on any atom is -0.465 e. The van der Waals surface area contributed by atoms with Crippen LogP contribution in [0, 0.1) is 6.92 Å². The summed E-state index contributed by atoms with van der Waals surface area (Å²) < 4.78 is 14.2. The third kappa shape index (κ3) is 4.96. The van der Waals surface area contributed by atoms with Crippen LogP contribution in [0.4, 0.5) is 0 Å². The number of carbonyl (C=O) groups excluding carboxylic acids is 3. The van der Waals surface area contributed by atoms with Gasteiger partial charge in [0.25, 0.3) is 5.91 Å². The van der Waals surface area contributed by atoms with Gasteiger partial charge >= 0.3 is 11.9 Å². The number of nitrogens with zero attached hydrogens (tertiary/aromatic N) is 4. The number of rotatable bonds is 7. The van der Waals surface area contributed by atoms with Crippen LogP contribution in [-0.2, 0) is 20.8 Å². The number of benzene rings is 1. The SMILES string of the molecule is CCOC(=O)Cn1c(=NC(=O)c2cc(C)n(C(C)C)n2)sc2cc(C(=O)OCC)ccc21. The van der Waals surface area contributed by atoms with Crippen LogP contribution < -0.4 is 4.80 Å². The third-order valence-electron chi connectivity index (χ3n) is 4.61. The molecule has 2 aromatic heterocycles. The quantitative estimate of drug-likeness (QED) is 0.503. The van der Waals surface area contributed by atoms with E-state index in [-0.39, 0.29) is 31.5 Å². The monoisotopic (exact) mass is 458 g/mol. The van der Waals surface area contributed by atoms with E-state index in [0.29, 0.717) is 20.6 Å². The van der Waals surface area contributed by atoms with Gasteiger partial charge < -0.3 is 14.0 Å². The topological polar surface area (TPSA) is 105 Å². The van der Waals surface area contributed by atoms with E-state index in [1.54, 1.807) is 47.4 Å². The Bertz CT molecular complexity index is 1230. The number of ether oxygens (including phenoxy) is 2. The van der Waals surface area contributed by atoms with Gasteiger partial charge in [0.1, 0.15) is 6.54 Å². The van der Waals surface area contributed by atoms with E-state index in [1.165, 1.54) is 11.3 Å². The molecular weight excluding hydrogens is 432 g/mol. The van der Waals surface area contributed by atoms with Crippen molar-refractivity contribution >= 4 is 39.4 Å². The average molecular weight is 459 g/mol. The fourth-order valence-corrected chi connectivity index (χ4v) is 4.31. The highest BCUT2D eigenvalue weighted by Gasteiger charge is 2.17. The third-order valence-corrected chi connectivity index (χ3v) is 5.66. The number of fused-ring (bicyclic) bond motifs is 1. The predicted molar refractivity (Wildman–Crippen MR) is 120 cm³/mol. The fraction of sp³-hybridized carbons (Fsp3) is 0.409. The number of aromatic nitrogens is 3. The molecule has 170 valence electrons. The van der Waals surface area contributed by atoms with Gasteiger partial charge in [0.2, 0.25) is 0 Å². The van der Waals surface area contributed by atoms with E-state index >= 15 is 0 Å². The summed E-state index contributed by atoms with van der Waals surface area (Å²) in [6.45, 7) is 9.69. The molecule has 0 bridgehead atoms. The maximum atomic E-state index is 12.9. The molecule has 0 radical (unpaired) electrons. The zero-order valence-corrected chi connectivity index (χ0v) is 19.6. The second-order valence-electron chi connectivity index (χ2n) is 7.31. The molecule has 3 rings (SSSR count). The number of hydrogen-bond donors (Lipinski definition) is 0. The number of carbonyl (C=O) groups is 3. The summed E-state index contributed by atoms with van der Waals surface area (Å²) >= 11 is 1.20. The molecule has 1 amide bonds. The molecular formula is C22H26N4O5S. The standard InChI is InChI=1S/C22H26N4O5S/c1-6-30-19(27)12-25-17-9-8-15(21(29)31-7-2)11-18(17)32-22(25)23-20(28)16-10-14(5)26(24-16)13(3)4/h8-11,13H,6-7,12H2,1-5H3. The summed E-state index contributed by atoms with van der Waals surface area (Å²) in [5, 5.41) is 4.35. The van der Waals surface area contributed by atoms with E-state index in [9.17, 15) is 14.4 Å². The van der Waals surface area contributed by atoms with Crippen LogP contribution in [-0.4, -0.2) is 45.4 Å². The van der Waals surface area contributed by atoms with Crippen molar-refractivity contribution in [3.8, 4) is 0 Å². The summed E-state index contributed by atoms with van der Waals surface area (Å²) in [6.07, 6.45) is 0. The van der Waals surface area contributed by atoms with Gasteiger partial charge in [0.05, 0.1) is 29.0 Å².